The third kappa shape index (κ3) is 9.41. The maximum absolute atomic E-state index is 13.7. The molecule has 0 saturated heterocycles. The van der Waals surface area contributed by atoms with E-state index in [4.69, 9.17) is 14.2 Å². The predicted octanol–water partition coefficient (Wildman–Crippen LogP) is 5.14. The first-order valence-electron chi connectivity index (χ1n) is 13.3. The zero-order valence-electron chi connectivity index (χ0n) is 23.5. The van der Waals surface area contributed by atoms with Crippen LogP contribution < -0.4 is 9.47 Å². The topological polar surface area (TPSA) is 68.3 Å². The van der Waals surface area contributed by atoms with Crippen LogP contribution in [0, 0.1) is 6.92 Å². The second-order valence-corrected chi connectivity index (χ2v) is 10.4. The van der Waals surface area contributed by atoms with E-state index < -0.39 is 0 Å². The summed E-state index contributed by atoms with van der Waals surface area (Å²) in [5.74, 6) is 1.25. The van der Waals surface area contributed by atoms with Crippen LogP contribution in [0.2, 0.25) is 0 Å². The van der Waals surface area contributed by atoms with Gasteiger partial charge in [0.2, 0.25) is 11.8 Å². The Morgan fingerprint density at radius 1 is 0.821 bits per heavy atom. The van der Waals surface area contributed by atoms with E-state index in [1.807, 2.05) is 58.8 Å². The van der Waals surface area contributed by atoms with Crippen molar-refractivity contribution in [1.29, 1.82) is 0 Å². The number of aryl methyl sites for hydroxylation is 2. The second kappa shape index (κ2) is 15.9. The van der Waals surface area contributed by atoms with Gasteiger partial charge in [-0.05, 0) is 66.5 Å². The van der Waals surface area contributed by atoms with Crippen molar-refractivity contribution in [1.82, 2.24) is 9.80 Å². The molecular formula is C31H40N2O5S. The summed E-state index contributed by atoms with van der Waals surface area (Å²) in [5, 5.41) is 2.05. The van der Waals surface area contributed by atoms with Crippen LogP contribution in [0.3, 0.4) is 0 Å². The lowest BCUT2D eigenvalue weighted by Crippen LogP contribution is -2.44. The van der Waals surface area contributed by atoms with Crippen molar-refractivity contribution in [3.8, 4) is 11.5 Å². The van der Waals surface area contributed by atoms with Crippen LogP contribution in [0.1, 0.15) is 34.4 Å². The molecule has 0 aliphatic rings. The van der Waals surface area contributed by atoms with Gasteiger partial charge < -0.3 is 24.0 Å². The van der Waals surface area contributed by atoms with Gasteiger partial charge in [-0.3, -0.25) is 9.59 Å². The highest BCUT2D eigenvalue weighted by atomic mass is 32.1. The molecule has 2 aromatic carbocycles. The lowest BCUT2D eigenvalue weighted by Gasteiger charge is -2.28. The van der Waals surface area contributed by atoms with E-state index >= 15 is 0 Å². The highest BCUT2D eigenvalue weighted by molar-refractivity contribution is 7.10. The number of thiophene rings is 1. The molecule has 8 heteroatoms. The number of rotatable bonds is 16. The average Bonchev–Trinajstić information content (AvgIpc) is 3.37. The van der Waals surface area contributed by atoms with Gasteiger partial charge in [-0.25, -0.2) is 0 Å². The van der Waals surface area contributed by atoms with Crippen molar-refractivity contribution in [3.05, 3.63) is 81.5 Å². The summed E-state index contributed by atoms with van der Waals surface area (Å²) in [5.41, 5.74) is 3.32. The Hall–Kier alpha value is -3.36. The van der Waals surface area contributed by atoms with E-state index in [2.05, 4.69) is 13.0 Å². The highest BCUT2D eigenvalue weighted by Crippen LogP contribution is 2.28. The van der Waals surface area contributed by atoms with E-state index in [1.165, 1.54) is 5.56 Å². The van der Waals surface area contributed by atoms with E-state index in [9.17, 15) is 9.59 Å². The Bertz CT molecular complexity index is 1180. The number of carbonyl (C=O) groups is 2. The normalized spacial score (nSPS) is 10.8. The first kappa shape index (κ1) is 30.2. The van der Waals surface area contributed by atoms with Crippen molar-refractivity contribution in [3.63, 3.8) is 0 Å². The van der Waals surface area contributed by atoms with Crippen molar-refractivity contribution >= 4 is 23.2 Å². The van der Waals surface area contributed by atoms with Crippen LogP contribution in [0.4, 0.5) is 0 Å². The smallest absolute Gasteiger partial charge is 0.242 e. The van der Waals surface area contributed by atoms with Crippen LogP contribution in [-0.4, -0.2) is 69.2 Å². The molecule has 210 valence electrons. The number of benzene rings is 2. The molecule has 0 unspecified atom stereocenters. The van der Waals surface area contributed by atoms with Gasteiger partial charge in [0.15, 0.2) is 11.5 Å². The van der Waals surface area contributed by atoms with Crippen molar-refractivity contribution < 1.29 is 23.8 Å². The van der Waals surface area contributed by atoms with E-state index in [0.717, 1.165) is 16.0 Å². The zero-order valence-corrected chi connectivity index (χ0v) is 24.3. The lowest BCUT2D eigenvalue weighted by molar-refractivity contribution is -0.141. The van der Waals surface area contributed by atoms with Gasteiger partial charge in [-0.15, -0.1) is 11.3 Å². The average molecular weight is 553 g/mol. The van der Waals surface area contributed by atoms with Crippen LogP contribution >= 0.6 is 11.3 Å². The summed E-state index contributed by atoms with van der Waals surface area (Å²) in [6, 6.07) is 17.8. The quantitative estimate of drug-likeness (QED) is 0.230. The van der Waals surface area contributed by atoms with Crippen molar-refractivity contribution in [2.24, 2.45) is 0 Å². The van der Waals surface area contributed by atoms with Gasteiger partial charge in [0.1, 0.15) is 0 Å². The Kier molecular flexibility index (Phi) is 12.3. The first-order chi connectivity index (χ1) is 18.9. The fraction of sp³-hybridized carbons (Fsp3) is 0.419. The SMILES string of the molecule is COCCCN(CC(=O)N(CCc1ccc(OC)c(OC)c1)Cc1sccc1C)C(=O)CCc1ccccc1. The van der Waals surface area contributed by atoms with Gasteiger partial charge >= 0.3 is 0 Å². The number of nitrogens with zero attached hydrogens (tertiary/aromatic N) is 2. The molecule has 0 N–H and O–H groups in total. The third-order valence-corrected chi connectivity index (χ3v) is 7.71. The third-order valence-electron chi connectivity index (χ3n) is 6.70. The molecule has 0 saturated carbocycles. The number of amides is 2. The Morgan fingerprint density at radius 2 is 1.59 bits per heavy atom. The summed E-state index contributed by atoms with van der Waals surface area (Å²) in [7, 11) is 4.87. The van der Waals surface area contributed by atoms with Crippen LogP contribution in [0.5, 0.6) is 11.5 Å². The molecule has 0 fully saturated rings. The fourth-order valence-electron chi connectivity index (χ4n) is 4.34. The summed E-state index contributed by atoms with van der Waals surface area (Å²) in [6.45, 7) is 4.17. The highest BCUT2D eigenvalue weighted by Gasteiger charge is 2.22. The predicted molar refractivity (Wildman–Crippen MR) is 156 cm³/mol. The van der Waals surface area contributed by atoms with Crippen LogP contribution in [-0.2, 0) is 33.7 Å². The summed E-state index contributed by atoms with van der Waals surface area (Å²) >= 11 is 1.65. The molecule has 39 heavy (non-hydrogen) atoms. The molecule has 0 aliphatic heterocycles. The number of methoxy groups -OCH3 is 3. The summed E-state index contributed by atoms with van der Waals surface area (Å²) < 4.78 is 16.0. The van der Waals surface area contributed by atoms with E-state index in [-0.39, 0.29) is 18.4 Å². The van der Waals surface area contributed by atoms with Gasteiger partial charge in [0.05, 0.1) is 27.3 Å². The first-order valence-corrected chi connectivity index (χ1v) is 14.2. The zero-order chi connectivity index (χ0) is 28.0. The number of ether oxygens (including phenoxy) is 3. The minimum Gasteiger partial charge on any atom is -0.493 e. The number of hydrogen-bond donors (Lipinski definition) is 0. The molecule has 1 aromatic heterocycles. The van der Waals surface area contributed by atoms with Gasteiger partial charge in [0.25, 0.3) is 0 Å². The second-order valence-electron chi connectivity index (χ2n) is 9.43. The molecule has 0 radical (unpaired) electrons. The Labute approximate surface area is 236 Å². The number of hydrogen-bond acceptors (Lipinski definition) is 6. The monoisotopic (exact) mass is 552 g/mol. The lowest BCUT2D eigenvalue weighted by atomic mass is 10.1. The van der Waals surface area contributed by atoms with Crippen LogP contribution in [0.25, 0.3) is 0 Å². The minimum atomic E-state index is -0.0613. The molecule has 0 bridgehead atoms. The molecule has 2 amide bonds. The molecule has 3 aromatic rings. The van der Waals surface area contributed by atoms with Gasteiger partial charge in [0, 0.05) is 38.1 Å². The maximum Gasteiger partial charge on any atom is 0.242 e. The maximum atomic E-state index is 13.7. The molecule has 1 heterocycles. The Balaban J connectivity index is 1.73. The molecule has 0 atom stereocenters. The van der Waals surface area contributed by atoms with Gasteiger partial charge in [-0.2, -0.15) is 0 Å². The molecular weight excluding hydrogens is 512 g/mol. The van der Waals surface area contributed by atoms with Crippen molar-refractivity contribution in [2.45, 2.75) is 39.2 Å². The largest absolute Gasteiger partial charge is 0.493 e. The van der Waals surface area contributed by atoms with Crippen LogP contribution in [0.15, 0.2) is 60.0 Å². The van der Waals surface area contributed by atoms with Crippen molar-refractivity contribution in [2.75, 3.05) is 47.6 Å². The Morgan fingerprint density at radius 3 is 2.26 bits per heavy atom. The molecule has 3 rings (SSSR count). The van der Waals surface area contributed by atoms with E-state index in [1.54, 1.807) is 37.6 Å². The minimum absolute atomic E-state index is 0.0181. The summed E-state index contributed by atoms with van der Waals surface area (Å²) in [4.78, 5) is 31.7. The molecule has 7 nitrogen and oxygen atoms in total. The van der Waals surface area contributed by atoms with Gasteiger partial charge in [-0.1, -0.05) is 36.4 Å². The van der Waals surface area contributed by atoms with E-state index in [0.29, 0.717) is 63.4 Å². The standard InChI is InChI=1S/C31H40N2O5S/c1-24-16-20-39-29(24)22-33(18-15-26-11-13-27(37-3)28(21-26)38-4)31(35)23-32(17-8-19-36-2)30(34)14-12-25-9-6-5-7-10-25/h5-7,9-11,13,16,20-21H,8,12,14-15,17-19,22-23H2,1-4H3. The fourth-order valence-corrected chi connectivity index (χ4v) is 5.26. The summed E-state index contributed by atoms with van der Waals surface area (Å²) in [6.07, 6.45) is 2.34. The number of carbonyl (C=O) groups excluding carboxylic acids is 2. The molecule has 0 spiro atoms. The molecule has 0 aliphatic carbocycles.